The Kier molecular flexibility index (Phi) is 3.75. The molecule has 0 bridgehead atoms. The van der Waals surface area contributed by atoms with Gasteiger partial charge in [-0.2, -0.15) is 0 Å². The lowest BCUT2D eigenvalue weighted by molar-refractivity contribution is -0.385. The van der Waals surface area contributed by atoms with Crippen molar-refractivity contribution in [2.75, 3.05) is 19.7 Å². The van der Waals surface area contributed by atoms with Crippen molar-refractivity contribution in [2.24, 2.45) is 0 Å². The zero-order chi connectivity index (χ0) is 14.0. The fourth-order valence-corrected chi connectivity index (χ4v) is 1.96. The molecule has 1 aliphatic rings. The molecular weight excluding hydrogens is 255 g/mol. The largest absolute Gasteiger partial charge is 0.375 e. The quantitative estimate of drug-likeness (QED) is 0.603. The number of nitro benzene ring substituents is 1. The SMILES string of the molecule is C[C@@H]1CN(C(=O)c2ccc([N+](=O)[O-])cc2F)CCO1. The highest BCUT2D eigenvalue weighted by atomic mass is 19.1. The van der Waals surface area contributed by atoms with Gasteiger partial charge in [0, 0.05) is 19.2 Å². The molecule has 1 aromatic carbocycles. The predicted molar refractivity (Wildman–Crippen MR) is 64.4 cm³/mol. The molecule has 0 saturated carbocycles. The summed E-state index contributed by atoms with van der Waals surface area (Å²) >= 11 is 0. The van der Waals surface area contributed by atoms with Crippen molar-refractivity contribution in [3.05, 3.63) is 39.7 Å². The summed E-state index contributed by atoms with van der Waals surface area (Å²) in [6.45, 7) is 3.00. The summed E-state index contributed by atoms with van der Waals surface area (Å²) in [4.78, 5) is 23.4. The van der Waals surface area contributed by atoms with Crippen molar-refractivity contribution in [2.45, 2.75) is 13.0 Å². The number of hydrogen-bond acceptors (Lipinski definition) is 4. The molecule has 1 saturated heterocycles. The number of rotatable bonds is 2. The van der Waals surface area contributed by atoms with Gasteiger partial charge in [0.05, 0.1) is 29.3 Å². The fraction of sp³-hybridized carbons (Fsp3) is 0.417. The maximum Gasteiger partial charge on any atom is 0.272 e. The maximum atomic E-state index is 13.7. The first kappa shape index (κ1) is 13.4. The number of benzene rings is 1. The van der Waals surface area contributed by atoms with Crippen molar-refractivity contribution >= 4 is 11.6 Å². The molecule has 1 amide bonds. The summed E-state index contributed by atoms with van der Waals surface area (Å²) < 4.78 is 19.0. The maximum absolute atomic E-state index is 13.7. The minimum absolute atomic E-state index is 0.0983. The molecule has 2 rings (SSSR count). The van der Waals surface area contributed by atoms with Gasteiger partial charge in [0.2, 0.25) is 0 Å². The molecule has 7 heteroatoms. The first-order valence-electron chi connectivity index (χ1n) is 5.84. The van der Waals surface area contributed by atoms with Gasteiger partial charge in [-0.15, -0.1) is 0 Å². The third kappa shape index (κ3) is 2.87. The lowest BCUT2D eigenvalue weighted by atomic mass is 10.1. The third-order valence-corrected chi connectivity index (χ3v) is 2.92. The first-order valence-corrected chi connectivity index (χ1v) is 5.84. The molecule has 1 heterocycles. The second-order valence-corrected chi connectivity index (χ2v) is 4.35. The smallest absolute Gasteiger partial charge is 0.272 e. The van der Waals surface area contributed by atoms with Crippen LogP contribution in [0.5, 0.6) is 0 Å². The fourth-order valence-electron chi connectivity index (χ4n) is 1.96. The first-order chi connectivity index (χ1) is 8.99. The van der Waals surface area contributed by atoms with Gasteiger partial charge in [-0.25, -0.2) is 4.39 Å². The second kappa shape index (κ2) is 5.31. The number of carbonyl (C=O) groups excluding carboxylic acids is 1. The van der Waals surface area contributed by atoms with Crippen molar-refractivity contribution in [1.29, 1.82) is 0 Å². The van der Waals surface area contributed by atoms with E-state index in [1.54, 1.807) is 0 Å². The minimum atomic E-state index is -0.877. The van der Waals surface area contributed by atoms with Gasteiger partial charge >= 0.3 is 0 Å². The van der Waals surface area contributed by atoms with Crippen LogP contribution in [0.4, 0.5) is 10.1 Å². The van der Waals surface area contributed by atoms with Crippen LogP contribution >= 0.6 is 0 Å². The van der Waals surface area contributed by atoms with E-state index < -0.39 is 16.6 Å². The predicted octanol–water partition coefficient (Wildman–Crippen LogP) is 1.59. The van der Waals surface area contributed by atoms with E-state index in [0.717, 1.165) is 18.2 Å². The molecule has 19 heavy (non-hydrogen) atoms. The lowest BCUT2D eigenvalue weighted by Crippen LogP contribution is -2.44. The van der Waals surface area contributed by atoms with Crippen molar-refractivity contribution in [3.63, 3.8) is 0 Å². The van der Waals surface area contributed by atoms with Crippen LogP contribution in [0.25, 0.3) is 0 Å². The van der Waals surface area contributed by atoms with Gasteiger partial charge in [0.25, 0.3) is 11.6 Å². The monoisotopic (exact) mass is 268 g/mol. The van der Waals surface area contributed by atoms with E-state index in [2.05, 4.69) is 0 Å². The molecule has 102 valence electrons. The zero-order valence-corrected chi connectivity index (χ0v) is 10.3. The van der Waals surface area contributed by atoms with E-state index >= 15 is 0 Å². The van der Waals surface area contributed by atoms with E-state index in [9.17, 15) is 19.3 Å². The van der Waals surface area contributed by atoms with Gasteiger partial charge in [0.15, 0.2) is 0 Å². The Morgan fingerprint density at radius 2 is 2.32 bits per heavy atom. The Labute approximate surface area is 108 Å². The van der Waals surface area contributed by atoms with Gasteiger partial charge in [-0.3, -0.25) is 14.9 Å². The van der Waals surface area contributed by atoms with Crippen LogP contribution in [0.15, 0.2) is 18.2 Å². The number of amides is 1. The number of halogens is 1. The van der Waals surface area contributed by atoms with Crippen LogP contribution < -0.4 is 0 Å². The number of nitro groups is 1. The molecule has 1 aliphatic heterocycles. The average Bonchev–Trinajstić information content (AvgIpc) is 2.37. The third-order valence-electron chi connectivity index (χ3n) is 2.92. The number of carbonyl (C=O) groups is 1. The van der Waals surface area contributed by atoms with Crippen molar-refractivity contribution in [1.82, 2.24) is 4.90 Å². The van der Waals surface area contributed by atoms with E-state index in [1.807, 2.05) is 6.92 Å². The summed E-state index contributed by atoms with van der Waals surface area (Å²) in [5.74, 6) is -1.35. The van der Waals surface area contributed by atoms with Crippen LogP contribution in [-0.2, 0) is 4.74 Å². The topological polar surface area (TPSA) is 72.7 Å². The highest BCUT2D eigenvalue weighted by Crippen LogP contribution is 2.19. The zero-order valence-electron chi connectivity index (χ0n) is 10.3. The van der Waals surface area contributed by atoms with Crippen molar-refractivity contribution < 1.29 is 18.8 Å². The normalized spacial score (nSPS) is 19.3. The Morgan fingerprint density at radius 1 is 1.58 bits per heavy atom. The highest BCUT2D eigenvalue weighted by molar-refractivity contribution is 5.94. The Hall–Kier alpha value is -2.02. The number of nitrogens with zero attached hydrogens (tertiary/aromatic N) is 2. The Balaban J connectivity index is 2.21. The molecule has 0 aliphatic carbocycles. The van der Waals surface area contributed by atoms with Crippen LogP contribution in [0.2, 0.25) is 0 Å². The van der Waals surface area contributed by atoms with Gasteiger partial charge < -0.3 is 9.64 Å². The molecule has 0 radical (unpaired) electrons. The van der Waals surface area contributed by atoms with Crippen LogP contribution in [0.3, 0.4) is 0 Å². The molecule has 0 unspecified atom stereocenters. The standard InChI is InChI=1S/C12H13FN2O4/c1-8-7-14(4-5-19-8)12(16)10-3-2-9(15(17)18)6-11(10)13/h2-3,6,8H,4-5,7H2,1H3/t8-/m1/s1. The molecule has 1 fully saturated rings. The van der Waals surface area contributed by atoms with Crippen LogP contribution in [-0.4, -0.2) is 41.5 Å². The average molecular weight is 268 g/mol. The summed E-state index contributed by atoms with van der Waals surface area (Å²) in [6.07, 6.45) is -0.0983. The van der Waals surface area contributed by atoms with Crippen LogP contribution in [0, 0.1) is 15.9 Å². The van der Waals surface area contributed by atoms with Crippen molar-refractivity contribution in [3.8, 4) is 0 Å². The summed E-state index contributed by atoms with van der Waals surface area (Å²) in [5, 5.41) is 10.5. The summed E-state index contributed by atoms with van der Waals surface area (Å²) in [5.41, 5.74) is -0.524. The van der Waals surface area contributed by atoms with Crippen LogP contribution in [0.1, 0.15) is 17.3 Å². The highest BCUT2D eigenvalue weighted by Gasteiger charge is 2.25. The molecule has 0 spiro atoms. The molecular formula is C12H13FN2O4. The van der Waals surface area contributed by atoms with Gasteiger partial charge in [0.1, 0.15) is 5.82 Å². The van der Waals surface area contributed by atoms with E-state index in [4.69, 9.17) is 4.74 Å². The second-order valence-electron chi connectivity index (χ2n) is 4.35. The van der Waals surface area contributed by atoms with Gasteiger partial charge in [-0.1, -0.05) is 0 Å². The number of non-ortho nitro benzene ring substituents is 1. The number of ether oxygens (including phenoxy) is 1. The van der Waals surface area contributed by atoms with E-state index in [-0.39, 0.29) is 17.4 Å². The molecule has 1 atom stereocenters. The number of hydrogen-bond donors (Lipinski definition) is 0. The summed E-state index contributed by atoms with van der Waals surface area (Å²) in [6, 6.07) is 3.03. The molecule has 6 nitrogen and oxygen atoms in total. The molecule has 0 N–H and O–H groups in total. The lowest BCUT2D eigenvalue weighted by Gasteiger charge is -2.31. The number of morpholine rings is 1. The Morgan fingerprint density at radius 3 is 2.89 bits per heavy atom. The minimum Gasteiger partial charge on any atom is -0.375 e. The van der Waals surface area contributed by atoms with Gasteiger partial charge in [-0.05, 0) is 13.0 Å². The molecule has 0 aromatic heterocycles. The Bertz CT molecular complexity index is 520. The molecule has 1 aromatic rings. The van der Waals surface area contributed by atoms with E-state index in [1.165, 1.54) is 4.90 Å². The van der Waals surface area contributed by atoms with E-state index in [0.29, 0.717) is 19.7 Å². The summed E-state index contributed by atoms with van der Waals surface area (Å²) in [7, 11) is 0.